The van der Waals surface area contributed by atoms with Gasteiger partial charge in [0, 0.05) is 0 Å². The number of rotatable bonds is 2. The number of hydrogen-bond acceptors (Lipinski definition) is 6. The van der Waals surface area contributed by atoms with Gasteiger partial charge in [-0.1, -0.05) is 12.1 Å². The average molecular weight is 366 g/mol. The number of benzene rings is 2. The molecule has 0 saturated heterocycles. The van der Waals surface area contributed by atoms with E-state index in [0.717, 1.165) is 11.1 Å². The molecule has 6 heteroatoms. The minimum Gasteiger partial charge on any atom is -0.506 e. The molecule has 2 aliphatic rings. The van der Waals surface area contributed by atoms with Crippen LogP contribution in [0, 0.1) is 13.8 Å². The van der Waals surface area contributed by atoms with Gasteiger partial charge in [-0.15, -0.1) is 0 Å². The Hall–Kier alpha value is -3.02. The predicted octanol–water partition coefficient (Wildman–Crippen LogP) is 3.45. The van der Waals surface area contributed by atoms with Crippen LogP contribution in [0.5, 0.6) is 11.5 Å². The van der Waals surface area contributed by atoms with Gasteiger partial charge in [-0.05, 0) is 51.0 Å². The summed E-state index contributed by atoms with van der Waals surface area (Å²) in [5, 5.41) is 16.7. The molecule has 4 rings (SSSR count). The lowest BCUT2D eigenvalue weighted by Crippen LogP contribution is -2.64. The molecule has 0 aromatic heterocycles. The second kappa shape index (κ2) is 5.25. The molecule has 0 bridgehead atoms. The van der Waals surface area contributed by atoms with Crippen molar-refractivity contribution in [1.29, 1.82) is 0 Å². The molecule has 27 heavy (non-hydrogen) atoms. The molecular formula is C21H22N2O4. The quantitative estimate of drug-likeness (QED) is 0.706. The normalized spacial score (nSPS) is 25.7. The van der Waals surface area contributed by atoms with E-state index in [2.05, 4.69) is 10.6 Å². The van der Waals surface area contributed by atoms with E-state index in [4.69, 9.17) is 4.74 Å². The lowest BCUT2D eigenvalue weighted by Gasteiger charge is -2.39. The van der Waals surface area contributed by atoms with Gasteiger partial charge in [0.1, 0.15) is 22.6 Å². The number of ether oxygens (including phenoxy) is 1. The van der Waals surface area contributed by atoms with Crippen molar-refractivity contribution in [3.8, 4) is 11.5 Å². The molecule has 3 N–H and O–H groups in total. The van der Waals surface area contributed by atoms with Gasteiger partial charge >= 0.3 is 0 Å². The molecule has 6 nitrogen and oxygen atoms in total. The molecule has 2 aromatic rings. The second-order valence-corrected chi connectivity index (χ2v) is 7.64. The summed E-state index contributed by atoms with van der Waals surface area (Å²) in [4.78, 5) is 26.9. The van der Waals surface area contributed by atoms with Crippen LogP contribution in [0.15, 0.2) is 24.3 Å². The molecular weight excluding hydrogens is 344 g/mol. The summed E-state index contributed by atoms with van der Waals surface area (Å²) in [5.74, 6) is 0.145. The number of Topliss-reactive ketones (excluding diaryl/α,β-unsaturated/α-hetero) is 2. The summed E-state index contributed by atoms with van der Waals surface area (Å²) < 4.78 is 5.42. The highest BCUT2D eigenvalue weighted by atomic mass is 16.5. The molecule has 2 atom stereocenters. The van der Waals surface area contributed by atoms with E-state index < -0.39 is 11.1 Å². The molecule has 0 spiro atoms. The van der Waals surface area contributed by atoms with Crippen LogP contribution in [0.25, 0.3) is 0 Å². The van der Waals surface area contributed by atoms with Crippen molar-refractivity contribution in [1.82, 2.24) is 0 Å². The summed E-state index contributed by atoms with van der Waals surface area (Å²) in [6.45, 7) is 7.10. The first-order chi connectivity index (χ1) is 12.7. The highest BCUT2D eigenvalue weighted by Crippen LogP contribution is 2.51. The molecule has 0 unspecified atom stereocenters. The summed E-state index contributed by atoms with van der Waals surface area (Å²) in [7, 11) is 1.55. The monoisotopic (exact) mass is 366 g/mol. The first-order valence-corrected chi connectivity index (χ1v) is 8.82. The van der Waals surface area contributed by atoms with Crippen LogP contribution in [0.4, 0.5) is 11.4 Å². The molecule has 0 amide bonds. The molecule has 2 aliphatic heterocycles. The number of ketones is 2. The van der Waals surface area contributed by atoms with Crippen LogP contribution in [0.2, 0.25) is 0 Å². The van der Waals surface area contributed by atoms with E-state index in [9.17, 15) is 14.7 Å². The number of hydrogen-bond donors (Lipinski definition) is 3. The third-order valence-corrected chi connectivity index (χ3v) is 6.10. The van der Waals surface area contributed by atoms with Crippen molar-refractivity contribution in [2.24, 2.45) is 0 Å². The standard InChI is InChI=1S/C21H22N2O4/c1-10-6-8-12(24)16-14(10)18(25)20(3,22-16)21(4)19(26)15-11(2)7-9-13(27-5)17(15)23-21/h6-9,22-24H,1-5H3/t20-,21+/m1/s1. The number of aromatic hydroxyl groups is 1. The second-order valence-electron chi connectivity index (χ2n) is 7.64. The SMILES string of the molecule is COc1ccc(C)c2c1N[C@](C)([C@]1(C)Nc3c(O)ccc(C)c3C1=O)C2=O. The number of methoxy groups -OCH3 is 1. The fraction of sp³-hybridized carbons (Fsp3) is 0.333. The van der Waals surface area contributed by atoms with Crippen LogP contribution in [-0.2, 0) is 0 Å². The summed E-state index contributed by atoms with van der Waals surface area (Å²) in [6, 6.07) is 6.89. The van der Waals surface area contributed by atoms with Gasteiger partial charge in [-0.3, -0.25) is 9.59 Å². The highest BCUT2D eigenvalue weighted by Gasteiger charge is 2.62. The minimum atomic E-state index is -1.27. The summed E-state index contributed by atoms with van der Waals surface area (Å²) >= 11 is 0. The first kappa shape index (κ1) is 17.4. The maximum absolute atomic E-state index is 13.5. The Labute approximate surface area is 157 Å². The molecule has 0 saturated carbocycles. The van der Waals surface area contributed by atoms with Crippen molar-refractivity contribution in [3.05, 3.63) is 46.5 Å². The van der Waals surface area contributed by atoms with E-state index in [1.807, 2.05) is 19.9 Å². The van der Waals surface area contributed by atoms with Gasteiger partial charge < -0.3 is 20.5 Å². The third-order valence-electron chi connectivity index (χ3n) is 6.10. The van der Waals surface area contributed by atoms with Gasteiger partial charge in [0.25, 0.3) is 0 Å². The van der Waals surface area contributed by atoms with Crippen LogP contribution in [-0.4, -0.2) is 34.9 Å². The van der Waals surface area contributed by atoms with Crippen molar-refractivity contribution < 1.29 is 19.4 Å². The van der Waals surface area contributed by atoms with E-state index in [1.165, 1.54) is 0 Å². The Morgan fingerprint density at radius 3 is 1.85 bits per heavy atom. The van der Waals surface area contributed by atoms with E-state index in [-0.39, 0.29) is 17.3 Å². The number of anilines is 2. The van der Waals surface area contributed by atoms with Crippen molar-refractivity contribution in [2.75, 3.05) is 17.7 Å². The summed E-state index contributed by atoms with van der Waals surface area (Å²) in [5.41, 5.74) is 0.978. The van der Waals surface area contributed by atoms with Crippen molar-refractivity contribution in [3.63, 3.8) is 0 Å². The molecule has 140 valence electrons. The lowest BCUT2D eigenvalue weighted by atomic mass is 9.73. The van der Waals surface area contributed by atoms with Crippen molar-refractivity contribution >= 4 is 22.9 Å². The zero-order chi connectivity index (χ0) is 19.7. The zero-order valence-electron chi connectivity index (χ0n) is 16.0. The third kappa shape index (κ3) is 1.95. The van der Waals surface area contributed by atoms with Crippen LogP contribution < -0.4 is 15.4 Å². The van der Waals surface area contributed by atoms with E-state index >= 15 is 0 Å². The molecule has 2 aromatic carbocycles. The number of carbonyl (C=O) groups is 2. The Balaban J connectivity index is 1.89. The van der Waals surface area contributed by atoms with Crippen LogP contribution in [0.1, 0.15) is 45.7 Å². The maximum Gasteiger partial charge on any atom is 0.193 e. The summed E-state index contributed by atoms with van der Waals surface area (Å²) in [6.07, 6.45) is 0. The predicted molar refractivity (Wildman–Crippen MR) is 103 cm³/mol. The Morgan fingerprint density at radius 2 is 1.33 bits per heavy atom. The maximum atomic E-state index is 13.5. The van der Waals surface area contributed by atoms with Gasteiger partial charge in [-0.2, -0.15) is 0 Å². The number of phenols is 1. The van der Waals surface area contributed by atoms with Crippen LogP contribution >= 0.6 is 0 Å². The Bertz CT molecular complexity index is 1030. The number of phenolic OH excluding ortho intramolecular Hbond substituents is 1. The largest absolute Gasteiger partial charge is 0.506 e. The Kier molecular flexibility index (Phi) is 3.38. The smallest absolute Gasteiger partial charge is 0.193 e. The van der Waals surface area contributed by atoms with E-state index in [0.29, 0.717) is 28.3 Å². The average Bonchev–Trinajstić information content (AvgIpc) is 3.07. The zero-order valence-corrected chi connectivity index (χ0v) is 16.0. The number of carbonyl (C=O) groups excluding carboxylic acids is 2. The number of nitrogens with one attached hydrogen (secondary N) is 2. The number of fused-ring (bicyclic) bond motifs is 2. The van der Waals surface area contributed by atoms with Gasteiger partial charge in [0.05, 0.1) is 29.6 Å². The fourth-order valence-corrected chi connectivity index (χ4v) is 4.21. The first-order valence-electron chi connectivity index (χ1n) is 8.82. The molecule has 0 aliphatic carbocycles. The van der Waals surface area contributed by atoms with Gasteiger partial charge in [0.15, 0.2) is 11.6 Å². The van der Waals surface area contributed by atoms with Gasteiger partial charge in [0.2, 0.25) is 0 Å². The molecule has 0 radical (unpaired) electrons. The highest BCUT2D eigenvalue weighted by molar-refractivity contribution is 6.25. The van der Waals surface area contributed by atoms with Crippen molar-refractivity contribution in [2.45, 2.75) is 38.8 Å². The minimum absolute atomic E-state index is 0.00648. The Morgan fingerprint density at radius 1 is 0.852 bits per heavy atom. The molecule has 2 heterocycles. The van der Waals surface area contributed by atoms with E-state index in [1.54, 1.807) is 39.2 Å². The number of aryl methyl sites for hydroxylation is 2. The van der Waals surface area contributed by atoms with Gasteiger partial charge in [-0.25, -0.2) is 0 Å². The lowest BCUT2D eigenvalue weighted by molar-refractivity contribution is 0.0781. The molecule has 0 fully saturated rings. The fourth-order valence-electron chi connectivity index (χ4n) is 4.21. The van der Waals surface area contributed by atoms with Crippen LogP contribution in [0.3, 0.4) is 0 Å². The topological polar surface area (TPSA) is 87.7 Å².